The number of ether oxygens (including phenoxy) is 8. The molecule has 6 bridgehead atoms. The summed E-state index contributed by atoms with van der Waals surface area (Å²) >= 11 is 0. The van der Waals surface area contributed by atoms with Gasteiger partial charge in [0.05, 0.1) is 45.4 Å². The van der Waals surface area contributed by atoms with E-state index in [9.17, 15) is 75.2 Å². The molecule has 5 aliphatic carbocycles. The Kier molecular flexibility index (Phi) is 23.4. The maximum atomic E-state index is 13.2. The van der Waals surface area contributed by atoms with E-state index >= 15 is 0 Å². The van der Waals surface area contributed by atoms with Crippen molar-refractivity contribution in [3.8, 4) is 0 Å². The highest BCUT2D eigenvalue weighted by atomic mass is 19.4. The summed E-state index contributed by atoms with van der Waals surface area (Å²) in [5.41, 5.74) is -14.9. The van der Waals surface area contributed by atoms with Gasteiger partial charge in [-0.05, 0) is 193 Å². The molecule has 9 aliphatic rings. The Morgan fingerprint density at radius 2 is 1.00 bits per heavy atom. The second-order valence-electron chi connectivity index (χ2n) is 30.5. The minimum absolute atomic E-state index is 0.00565. The summed E-state index contributed by atoms with van der Waals surface area (Å²) in [4.78, 5) is 100. The Morgan fingerprint density at radius 3 is 1.38 bits per heavy atom. The maximum absolute atomic E-state index is 13.2. The van der Waals surface area contributed by atoms with Gasteiger partial charge < -0.3 is 53.2 Å². The first-order chi connectivity index (χ1) is 41.1. The van der Waals surface area contributed by atoms with E-state index in [1.807, 2.05) is 62.3 Å². The van der Waals surface area contributed by atoms with Crippen molar-refractivity contribution >= 4 is 47.9 Å². The molecule has 26 heteroatoms. The molecule has 522 valence electrons. The summed E-state index contributed by atoms with van der Waals surface area (Å²) in [6.07, 6.45) is -8.37. The second kappa shape index (κ2) is 27.1. The smallest absolute Gasteiger partial charge is 0.430 e. The molecule has 3 N–H and O–H groups in total. The number of cyclic esters (lactones) is 1. The molecule has 0 spiro atoms. The minimum Gasteiger partial charge on any atom is -0.463 e. The number of alkyl halides is 6. The van der Waals surface area contributed by atoms with Gasteiger partial charge in [-0.3, -0.25) is 28.8 Å². The quantitative estimate of drug-likeness (QED) is 0.0693. The highest BCUT2D eigenvalue weighted by molar-refractivity contribution is 5.83. The Morgan fingerprint density at radius 1 is 0.582 bits per heavy atom. The van der Waals surface area contributed by atoms with Gasteiger partial charge in [-0.15, -0.1) is 0 Å². The number of carbonyl (C=O) groups is 7. The predicted octanol–water partition coefficient (Wildman–Crippen LogP) is 10.7. The lowest BCUT2D eigenvalue weighted by atomic mass is 9.37. The number of fused-ring (bicyclic) bond motifs is 1. The van der Waals surface area contributed by atoms with E-state index in [0.29, 0.717) is 44.6 Å². The van der Waals surface area contributed by atoms with Crippen LogP contribution in [0, 0.1) is 50.2 Å². The number of hydrogen-bond donors (Lipinski definition) is 3. The van der Waals surface area contributed by atoms with Crippen molar-refractivity contribution in [1.82, 2.24) is 0 Å². The predicted molar refractivity (Wildman–Crippen MR) is 310 cm³/mol. The molecule has 9 unspecified atom stereocenters. The van der Waals surface area contributed by atoms with Crippen molar-refractivity contribution in [1.29, 1.82) is 0 Å². The van der Waals surface area contributed by atoms with E-state index in [2.05, 4.69) is 0 Å². The average Bonchev–Trinajstić information content (AvgIpc) is 1.42. The minimum atomic E-state index is -6.02. The van der Waals surface area contributed by atoms with Crippen molar-refractivity contribution in [2.24, 2.45) is 50.2 Å². The molecule has 0 aromatic rings. The van der Waals surface area contributed by atoms with Crippen LogP contribution in [0.3, 0.4) is 0 Å². The van der Waals surface area contributed by atoms with Gasteiger partial charge in [0, 0.05) is 24.2 Å². The zero-order valence-corrected chi connectivity index (χ0v) is 56.5. The van der Waals surface area contributed by atoms with E-state index in [4.69, 9.17) is 47.5 Å². The first-order valence-corrected chi connectivity index (χ1v) is 31.5. The maximum Gasteiger partial charge on any atom is 0.430 e. The molecular weight excluding hydrogens is 1210 g/mol. The summed E-state index contributed by atoms with van der Waals surface area (Å²) < 4.78 is 122. The number of carbonyl (C=O) groups excluding carboxylic acids is 9. The van der Waals surface area contributed by atoms with E-state index in [0.717, 1.165) is 32.1 Å². The van der Waals surface area contributed by atoms with Crippen LogP contribution in [0.15, 0.2) is 0 Å². The van der Waals surface area contributed by atoms with Gasteiger partial charge in [0.2, 0.25) is 6.10 Å². The number of aliphatic hydroxyl groups is 3. The van der Waals surface area contributed by atoms with Crippen LogP contribution in [0.5, 0.6) is 0 Å². The lowest BCUT2D eigenvalue weighted by molar-refractivity contribution is -0.412. The van der Waals surface area contributed by atoms with Crippen molar-refractivity contribution in [2.45, 2.75) is 304 Å². The fourth-order valence-electron chi connectivity index (χ4n) is 14.1. The Balaban J connectivity index is 0.000000260. The zero-order valence-electron chi connectivity index (χ0n) is 56.5. The summed E-state index contributed by atoms with van der Waals surface area (Å²) in [5, 5.41) is 31.9. The zero-order chi connectivity index (χ0) is 70.3. The van der Waals surface area contributed by atoms with Crippen molar-refractivity contribution < 1.29 is 123 Å². The topological polar surface area (TPSA) is 288 Å². The third-order valence-electron chi connectivity index (χ3n) is 21.3. The van der Waals surface area contributed by atoms with E-state index in [1.54, 1.807) is 48.5 Å². The number of hydrogen-bond acceptors (Lipinski definition) is 20. The number of esters is 7. The molecule has 5 saturated carbocycles. The standard InChI is InChI=1S/C22H38O4.C18H26O7.C14H20F6O3.C10H16O4.CO2/c1-8-17(2,3)16(23)26-22-11-15-9-20(13-22,18(4,5)24)12-21(10-15,14-22)19(6,7)25;1-7-17(3,4)16(21)24-12-9-11-14(23-15(9)20)10(13(12)22-11)18(5,6)25-8(2)19;1-4-10(2,3)9(21)23-11(7-5-6-8-11)12(22,13(15,16)17)14(18,19)20;1-4-10(2,3)9(12)14-7-5-6-13-8(7)11;2-1-3/h15,24-25H,8-14H2,1-7H3;9-14H,7H2,1-6H3;22H,4-8H2,1-3H3;7H,4-6H2,1-3H3;. The summed E-state index contributed by atoms with van der Waals surface area (Å²) in [7, 11) is 0. The Labute approximate surface area is 530 Å². The highest BCUT2D eigenvalue weighted by Crippen LogP contribution is 2.73. The fourth-order valence-corrected chi connectivity index (χ4v) is 14.1. The first-order valence-electron chi connectivity index (χ1n) is 31.5. The highest BCUT2D eigenvalue weighted by Gasteiger charge is 2.82. The molecule has 91 heavy (non-hydrogen) atoms. The van der Waals surface area contributed by atoms with Gasteiger partial charge in [0.15, 0.2) is 5.60 Å². The van der Waals surface area contributed by atoms with E-state index in [1.165, 1.54) is 20.8 Å². The molecule has 0 amide bonds. The van der Waals surface area contributed by atoms with Gasteiger partial charge in [0.25, 0.3) is 5.60 Å². The molecule has 9 rings (SSSR count). The monoisotopic (exact) mass is 1310 g/mol. The summed E-state index contributed by atoms with van der Waals surface area (Å²) in [5.74, 6) is -3.87. The molecule has 4 aliphatic heterocycles. The molecule has 0 aromatic heterocycles. The third-order valence-corrected chi connectivity index (χ3v) is 21.3. The van der Waals surface area contributed by atoms with Crippen molar-refractivity contribution in [2.75, 3.05) is 6.61 Å². The van der Waals surface area contributed by atoms with Gasteiger partial charge in [-0.25, -0.2) is 4.79 Å². The van der Waals surface area contributed by atoms with Crippen LogP contribution < -0.4 is 0 Å². The van der Waals surface area contributed by atoms with Gasteiger partial charge in [-0.2, -0.15) is 35.9 Å². The van der Waals surface area contributed by atoms with Crippen LogP contribution in [0.4, 0.5) is 26.3 Å². The van der Waals surface area contributed by atoms with Crippen LogP contribution in [-0.2, 0) is 81.0 Å². The molecule has 20 nitrogen and oxygen atoms in total. The van der Waals surface area contributed by atoms with Crippen LogP contribution in [-0.4, -0.2) is 146 Å². The third kappa shape index (κ3) is 15.8. The SMILES string of the molecule is CCC(C)(C)C(=O)OC1(C(O)(C(F)(F)F)C(F)(F)F)CCCC1.CCC(C)(C)C(=O)OC12CC3CC(C(C)(C)O)(C1)CC(C(C)(C)O)(C3)C2.CCC(C)(C)C(=O)OC1C2OC3C(OC(=O)C31)C2C(C)(C)OC(C)=O.CCC(C)(C)C(=O)OC1CCOC1=O.O=C=O. The fraction of sp³-hybridized carbons (Fsp3) is 0.877. The van der Waals surface area contributed by atoms with Crippen LogP contribution >= 0.6 is 0 Å². The Bertz CT molecular complexity index is 2640. The van der Waals surface area contributed by atoms with Crippen LogP contribution in [0.1, 0.15) is 228 Å². The molecule has 0 aromatic carbocycles. The first kappa shape index (κ1) is 78.5. The van der Waals surface area contributed by atoms with Gasteiger partial charge in [0.1, 0.15) is 41.5 Å². The van der Waals surface area contributed by atoms with Crippen LogP contribution in [0.2, 0.25) is 0 Å². The molecule has 4 heterocycles. The van der Waals surface area contributed by atoms with E-state index < -0.39 is 141 Å². The average molecular weight is 1320 g/mol. The Hall–Kier alpha value is -4.91. The second-order valence-corrected chi connectivity index (χ2v) is 30.5. The molecule has 0 radical (unpaired) electrons. The van der Waals surface area contributed by atoms with Crippen molar-refractivity contribution in [3.63, 3.8) is 0 Å². The molecule has 9 atom stereocenters. The van der Waals surface area contributed by atoms with Crippen molar-refractivity contribution in [3.05, 3.63) is 0 Å². The van der Waals surface area contributed by atoms with E-state index in [-0.39, 0.29) is 60.1 Å². The largest absolute Gasteiger partial charge is 0.463 e. The van der Waals surface area contributed by atoms with Gasteiger partial charge in [-0.1, -0.05) is 27.7 Å². The van der Waals surface area contributed by atoms with Gasteiger partial charge >= 0.3 is 60.3 Å². The molecule has 4 saturated heterocycles. The summed E-state index contributed by atoms with van der Waals surface area (Å²) in [6.45, 7) is 34.0. The normalized spacial score (nSPS) is 29.8. The lowest BCUT2D eigenvalue weighted by Gasteiger charge is -2.70. The number of rotatable bonds is 17. The van der Waals surface area contributed by atoms with Crippen LogP contribution in [0.25, 0.3) is 0 Å². The lowest BCUT2D eigenvalue weighted by Crippen LogP contribution is -2.71. The number of halogens is 6. The molecule has 9 fully saturated rings. The molecular formula is C65H100F6O20. The summed E-state index contributed by atoms with van der Waals surface area (Å²) in [6, 6.07) is 0.